The summed E-state index contributed by atoms with van der Waals surface area (Å²) in [4.78, 5) is 10.1. The van der Waals surface area contributed by atoms with Gasteiger partial charge in [-0.2, -0.15) is 0 Å². The number of aldehydes is 1. The van der Waals surface area contributed by atoms with E-state index in [1.807, 2.05) is 49.4 Å². The zero-order valence-electron chi connectivity index (χ0n) is 9.68. The molecule has 0 aliphatic heterocycles. The summed E-state index contributed by atoms with van der Waals surface area (Å²) in [7, 11) is 0. The molecule has 0 aliphatic rings. The molecule has 0 aliphatic carbocycles. The first-order chi connectivity index (χ1) is 7.72. The molecule has 2 aromatic rings. The predicted molar refractivity (Wildman–Crippen MR) is 67.7 cm³/mol. The van der Waals surface area contributed by atoms with Gasteiger partial charge >= 0.3 is 0 Å². The molecule has 1 heteroatoms. The van der Waals surface area contributed by atoms with E-state index in [0.717, 1.165) is 11.8 Å². The summed E-state index contributed by atoms with van der Waals surface area (Å²) in [6, 6.07) is 17.7. The predicted octanol–water partition coefficient (Wildman–Crippen LogP) is 3.80. The molecule has 0 radical (unpaired) electrons. The molecule has 0 N–H and O–H groups in total. The topological polar surface area (TPSA) is 17.1 Å². The molecule has 16 heavy (non-hydrogen) atoms. The zero-order chi connectivity index (χ0) is 11.8. The SMILES string of the molecule is Cc1ccc(C=O)cc1.Cc1ccccc1. The van der Waals surface area contributed by atoms with Gasteiger partial charge in [-0.1, -0.05) is 65.7 Å². The summed E-state index contributed by atoms with van der Waals surface area (Å²) in [5.41, 5.74) is 3.24. The molecule has 1 nitrogen and oxygen atoms in total. The number of carbonyl (C=O) groups excluding carboxylic acids is 1. The van der Waals surface area contributed by atoms with Gasteiger partial charge in [0.15, 0.2) is 0 Å². The van der Waals surface area contributed by atoms with E-state index in [1.165, 1.54) is 11.1 Å². The molecule has 0 heterocycles. The number of rotatable bonds is 1. The van der Waals surface area contributed by atoms with Crippen LogP contribution in [0, 0.1) is 13.8 Å². The number of aryl methyl sites for hydroxylation is 2. The Morgan fingerprint density at radius 1 is 0.750 bits per heavy atom. The van der Waals surface area contributed by atoms with Crippen LogP contribution in [0.15, 0.2) is 54.6 Å². The standard InChI is InChI=1S/C8H8O.C7H8/c1-7-2-4-8(6-9)5-3-7;1-7-5-3-2-4-6-7/h2-6H,1H3;2-6H,1H3. The number of hydrogen-bond donors (Lipinski definition) is 0. The number of hydrogen-bond acceptors (Lipinski definition) is 1. The Hall–Kier alpha value is -1.89. The summed E-state index contributed by atoms with van der Waals surface area (Å²) in [6.45, 7) is 4.08. The maximum Gasteiger partial charge on any atom is 0.150 e. The van der Waals surface area contributed by atoms with Crippen LogP contribution in [0.2, 0.25) is 0 Å². The van der Waals surface area contributed by atoms with Crippen LogP contribution < -0.4 is 0 Å². The van der Waals surface area contributed by atoms with E-state index >= 15 is 0 Å². The highest BCUT2D eigenvalue weighted by atomic mass is 16.1. The molecular weight excluding hydrogens is 196 g/mol. The third kappa shape index (κ3) is 4.56. The molecule has 0 amide bonds. The quantitative estimate of drug-likeness (QED) is 0.657. The normalized spacial score (nSPS) is 8.88. The van der Waals surface area contributed by atoms with Gasteiger partial charge in [-0.3, -0.25) is 4.79 Å². The highest BCUT2D eigenvalue weighted by Crippen LogP contribution is 1.98. The third-order valence-electron chi connectivity index (χ3n) is 2.15. The lowest BCUT2D eigenvalue weighted by atomic mass is 10.2. The summed E-state index contributed by atoms with van der Waals surface area (Å²) in [5.74, 6) is 0. The Kier molecular flexibility index (Phi) is 5.00. The van der Waals surface area contributed by atoms with Crippen LogP contribution in [0.3, 0.4) is 0 Å². The Morgan fingerprint density at radius 3 is 1.62 bits per heavy atom. The van der Waals surface area contributed by atoms with Crippen LogP contribution in [-0.4, -0.2) is 6.29 Å². The third-order valence-corrected chi connectivity index (χ3v) is 2.15. The molecule has 82 valence electrons. The molecule has 0 saturated heterocycles. The minimum absolute atomic E-state index is 0.737. The average molecular weight is 212 g/mol. The van der Waals surface area contributed by atoms with E-state index in [-0.39, 0.29) is 0 Å². The van der Waals surface area contributed by atoms with Crippen molar-refractivity contribution in [3.63, 3.8) is 0 Å². The summed E-state index contributed by atoms with van der Waals surface area (Å²) in [5, 5.41) is 0. The van der Waals surface area contributed by atoms with E-state index in [4.69, 9.17) is 0 Å². The lowest BCUT2D eigenvalue weighted by Crippen LogP contribution is -1.77. The van der Waals surface area contributed by atoms with Gasteiger partial charge in [-0.25, -0.2) is 0 Å². The summed E-state index contributed by atoms with van der Waals surface area (Å²) < 4.78 is 0. The molecule has 0 saturated carbocycles. The van der Waals surface area contributed by atoms with E-state index in [0.29, 0.717) is 0 Å². The fraction of sp³-hybridized carbons (Fsp3) is 0.133. The van der Waals surface area contributed by atoms with Crippen molar-refractivity contribution in [3.05, 3.63) is 71.3 Å². The summed E-state index contributed by atoms with van der Waals surface area (Å²) >= 11 is 0. The fourth-order valence-electron chi connectivity index (χ4n) is 1.18. The monoisotopic (exact) mass is 212 g/mol. The van der Waals surface area contributed by atoms with Crippen molar-refractivity contribution in [2.24, 2.45) is 0 Å². The van der Waals surface area contributed by atoms with Gasteiger partial charge in [0, 0.05) is 5.56 Å². The maximum atomic E-state index is 10.1. The Balaban J connectivity index is 0.000000165. The molecule has 2 rings (SSSR count). The highest BCUT2D eigenvalue weighted by molar-refractivity contribution is 5.74. The van der Waals surface area contributed by atoms with Crippen molar-refractivity contribution in [1.29, 1.82) is 0 Å². The van der Waals surface area contributed by atoms with Crippen LogP contribution in [0.5, 0.6) is 0 Å². The number of carbonyl (C=O) groups is 1. The van der Waals surface area contributed by atoms with Gasteiger partial charge in [0.05, 0.1) is 0 Å². The van der Waals surface area contributed by atoms with E-state index in [9.17, 15) is 4.79 Å². The van der Waals surface area contributed by atoms with E-state index in [1.54, 1.807) is 0 Å². The van der Waals surface area contributed by atoms with Gasteiger partial charge in [-0.05, 0) is 13.8 Å². The van der Waals surface area contributed by atoms with Gasteiger partial charge in [-0.15, -0.1) is 0 Å². The molecule has 0 spiro atoms. The average Bonchev–Trinajstić information content (AvgIpc) is 2.32. The van der Waals surface area contributed by atoms with Crippen molar-refractivity contribution in [1.82, 2.24) is 0 Å². The molecule has 0 fully saturated rings. The first-order valence-corrected chi connectivity index (χ1v) is 5.26. The first-order valence-electron chi connectivity index (χ1n) is 5.26. The largest absolute Gasteiger partial charge is 0.298 e. The van der Waals surface area contributed by atoms with E-state index in [2.05, 4.69) is 19.1 Å². The molecular formula is C15H16O. The van der Waals surface area contributed by atoms with Gasteiger partial charge in [0.2, 0.25) is 0 Å². The molecule has 0 atom stereocenters. The van der Waals surface area contributed by atoms with Crippen molar-refractivity contribution >= 4 is 6.29 Å². The minimum atomic E-state index is 0.737. The molecule has 0 aromatic heterocycles. The molecule has 0 unspecified atom stereocenters. The lowest BCUT2D eigenvalue weighted by Gasteiger charge is -1.89. The van der Waals surface area contributed by atoms with Gasteiger partial charge in [0.1, 0.15) is 6.29 Å². The highest BCUT2D eigenvalue weighted by Gasteiger charge is 1.85. The Bertz CT molecular complexity index is 415. The zero-order valence-corrected chi connectivity index (χ0v) is 9.68. The minimum Gasteiger partial charge on any atom is -0.298 e. The molecule has 0 bridgehead atoms. The maximum absolute atomic E-state index is 10.1. The fourth-order valence-corrected chi connectivity index (χ4v) is 1.18. The molecule has 2 aromatic carbocycles. The Morgan fingerprint density at radius 2 is 1.25 bits per heavy atom. The van der Waals surface area contributed by atoms with Gasteiger partial charge in [0.25, 0.3) is 0 Å². The van der Waals surface area contributed by atoms with Crippen LogP contribution >= 0.6 is 0 Å². The van der Waals surface area contributed by atoms with Crippen molar-refractivity contribution in [2.75, 3.05) is 0 Å². The van der Waals surface area contributed by atoms with Gasteiger partial charge < -0.3 is 0 Å². The van der Waals surface area contributed by atoms with E-state index < -0.39 is 0 Å². The first kappa shape index (κ1) is 12.2. The van der Waals surface area contributed by atoms with Crippen molar-refractivity contribution < 1.29 is 4.79 Å². The smallest absolute Gasteiger partial charge is 0.150 e. The van der Waals surface area contributed by atoms with Crippen LogP contribution in [0.1, 0.15) is 21.5 Å². The van der Waals surface area contributed by atoms with Crippen molar-refractivity contribution in [2.45, 2.75) is 13.8 Å². The second-order valence-corrected chi connectivity index (χ2v) is 3.68. The van der Waals surface area contributed by atoms with Crippen LogP contribution in [-0.2, 0) is 0 Å². The van der Waals surface area contributed by atoms with Crippen molar-refractivity contribution in [3.8, 4) is 0 Å². The summed E-state index contributed by atoms with van der Waals surface area (Å²) in [6.07, 6.45) is 0.847. The lowest BCUT2D eigenvalue weighted by molar-refractivity contribution is 0.112. The number of benzene rings is 2. The van der Waals surface area contributed by atoms with Crippen LogP contribution in [0.25, 0.3) is 0 Å². The second kappa shape index (κ2) is 6.57. The second-order valence-electron chi connectivity index (χ2n) is 3.68. The van der Waals surface area contributed by atoms with Crippen LogP contribution in [0.4, 0.5) is 0 Å². The Labute approximate surface area is 96.8 Å².